The number of morpholine rings is 1. The average Bonchev–Trinajstić information content (AvgIpc) is 2.48. The Morgan fingerprint density at radius 3 is 2.71 bits per heavy atom. The van der Waals surface area contributed by atoms with Gasteiger partial charge in [0.2, 0.25) is 0 Å². The van der Waals surface area contributed by atoms with Crippen molar-refractivity contribution in [3.63, 3.8) is 0 Å². The van der Waals surface area contributed by atoms with Crippen LogP contribution in [0.2, 0.25) is 0 Å². The lowest BCUT2D eigenvalue weighted by Gasteiger charge is -2.34. The third-order valence-corrected chi connectivity index (χ3v) is 3.81. The van der Waals surface area contributed by atoms with E-state index in [1.165, 1.54) is 5.56 Å². The maximum Gasteiger partial charge on any atom is 0.119 e. The van der Waals surface area contributed by atoms with Crippen LogP contribution in [0.3, 0.4) is 0 Å². The van der Waals surface area contributed by atoms with Crippen LogP contribution in [-0.2, 0) is 4.74 Å². The van der Waals surface area contributed by atoms with E-state index in [0.29, 0.717) is 18.8 Å². The summed E-state index contributed by atoms with van der Waals surface area (Å²) in [6, 6.07) is 8.82. The molecule has 1 saturated heterocycles. The number of nitrogens with one attached hydrogen (secondary N) is 1. The monoisotopic (exact) mass is 292 g/mol. The van der Waals surface area contributed by atoms with E-state index in [4.69, 9.17) is 9.47 Å². The molecule has 0 radical (unpaired) electrons. The third kappa shape index (κ3) is 4.99. The summed E-state index contributed by atoms with van der Waals surface area (Å²) in [5, 5.41) is 3.59. The van der Waals surface area contributed by atoms with E-state index in [-0.39, 0.29) is 0 Å². The lowest BCUT2D eigenvalue weighted by atomic mass is 10.1. The van der Waals surface area contributed by atoms with E-state index in [0.717, 1.165) is 38.5 Å². The van der Waals surface area contributed by atoms with Gasteiger partial charge in [-0.3, -0.25) is 4.90 Å². The van der Waals surface area contributed by atoms with Gasteiger partial charge in [-0.1, -0.05) is 19.1 Å². The number of hydrogen-bond donors (Lipinski definition) is 1. The molecule has 2 unspecified atom stereocenters. The van der Waals surface area contributed by atoms with E-state index >= 15 is 0 Å². The molecule has 1 fully saturated rings. The van der Waals surface area contributed by atoms with Gasteiger partial charge in [0.1, 0.15) is 5.75 Å². The molecule has 0 spiro atoms. The quantitative estimate of drug-likeness (QED) is 0.837. The van der Waals surface area contributed by atoms with Crippen LogP contribution in [0.5, 0.6) is 5.75 Å². The molecule has 0 aliphatic carbocycles. The maximum absolute atomic E-state index is 5.62. The number of benzene rings is 1. The van der Waals surface area contributed by atoms with Gasteiger partial charge in [-0.05, 0) is 38.1 Å². The number of ether oxygens (including phenoxy) is 2. The highest BCUT2D eigenvalue weighted by atomic mass is 16.5. The number of rotatable bonds is 7. The summed E-state index contributed by atoms with van der Waals surface area (Å²) in [5.74, 6) is 0.941. The minimum Gasteiger partial charge on any atom is -0.494 e. The molecule has 0 aromatic heterocycles. The minimum atomic E-state index is 0.335. The predicted molar refractivity (Wildman–Crippen MR) is 85.9 cm³/mol. The fourth-order valence-corrected chi connectivity index (χ4v) is 2.81. The standard InChI is InChI=1S/C17H28N2O2/c1-4-18-17(13-19-10-11-21-14(3)12-19)15-6-8-16(9-7-15)20-5-2/h6-9,14,17-18H,4-5,10-13H2,1-3H3. The van der Waals surface area contributed by atoms with E-state index in [2.05, 4.69) is 48.3 Å². The SMILES string of the molecule is CCNC(CN1CCOC(C)C1)c1ccc(OCC)cc1. The Morgan fingerprint density at radius 1 is 1.33 bits per heavy atom. The lowest BCUT2D eigenvalue weighted by Crippen LogP contribution is -2.45. The van der Waals surface area contributed by atoms with E-state index < -0.39 is 0 Å². The fraction of sp³-hybridized carbons (Fsp3) is 0.647. The van der Waals surface area contributed by atoms with Crippen molar-refractivity contribution in [2.45, 2.75) is 32.9 Å². The molecule has 2 atom stereocenters. The summed E-state index contributed by atoms with van der Waals surface area (Å²) in [4.78, 5) is 2.48. The highest BCUT2D eigenvalue weighted by Crippen LogP contribution is 2.20. The van der Waals surface area contributed by atoms with Crippen molar-refractivity contribution in [1.82, 2.24) is 10.2 Å². The first-order chi connectivity index (χ1) is 10.2. The molecule has 1 heterocycles. The van der Waals surface area contributed by atoms with Gasteiger partial charge in [0.25, 0.3) is 0 Å². The second-order valence-electron chi connectivity index (χ2n) is 5.55. The van der Waals surface area contributed by atoms with Crippen LogP contribution < -0.4 is 10.1 Å². The first-order valence-electron chi connectivity index (χ1n) is 8.03. The van der Waals surface area contributed by atoms with Crippen LogP contribution in [0.4, 0.5) is 0 Å². The van der Waals surface area contributed by atoms with Gasteiger partial charge in [-0.2, -0.15) is 0 Å². The van der Waals surface area contributed by atoms with Crippen LogP contribution in [0.1, 0.15) is 32.4 Å². The molecule has 1 aromatic rings. The predicted octanol–water partition coefficient (Wildman–Crippen LogP) is 2.46. The van der Waals surface area contributed by atoms with Gasteiger partial charge in [-0.25, -0.2) is 0 Å². The Labute approximate surface area is 128 Å². The molecule has 0 saturated carbocycles. The Bertz CT molecular complexity index is 408. The molecule has 1 aliphatic rings. The number of nitrogens with zero attached hydrogens (tertiary/aromatic N) is 1. The van der Waals surface area contributed by atoms with Crippen LogP contribution in [0.15, 0.2) is 24.3 Å². The van der Waals surface area contributed by atoms with Gasteiger partial charge >= 0.3 is 0 Å². The van der Waals surface area contributed by atoms with Crippen LogP contribution in [-0.4, -0.2) is 50.4 Å². The Balaban J connectivity index is 1.99. The van der Waals surface area contributed by atoms with Crippen molar-refractivity contribution in [1.29, 1.82) is 0 Å². The first kappa shape index (κ1) is 16.3. The average molecular weight is 292 g/mol. The van der Waals surface area contributed by atoms with Crippen LogP contribution >= 0.6 is 0 Å². The Hall–Kier alpha value is -1.10. The highest BCUT2D eigenvalue weighted by molar-refractivity contribution is 5.29. The molecule has 4 nitrogen and oxygen atoms in total. The number of hydrogen-bond acceptors (Lipinski definition) is 4. The lowest BCUT2D eigenvalue weighted by molar-refractivity contribution is -0.0210. The van der Waals surface area contributed by atoms with Gasteiger partial charge in [0.15, 0.2) is 0 Å². The van der Waals surface area contributed by atoms with Gasteiger partial charge in [0.05, 0.1) is 19.3 Å². The zero-order valence-electron chi connectivity index (χ0n) is 13.5. The maximum atomic E-state index is 5.62. The molecular weight excluding hydrogens is 264 g/mol. The van der Waals surface area contributed by atoms with E-state index in [1.54, 1.807) is 0 Å². The Morgan fingerprint density at radius 2 is 2.10 bits per heavy atom. The minimum absolute atomic E-state index is 0.335. The second kappa shape index (κ2) is 8.37. The molecule has 1 aromatic carbocycles. The fourth-order valence-electron chi connectivity index (χ4n) is 2.81. The molecule has 2 rings (SSSR count). The smallest absolute Gasteiger partial charge is 0.119 e. The summed E-state index contributed by atoms with van der Waals surface area (Å²) >= 11 is 0. The van der Waals surface area contributed by atoms with Crippen LogP contribution in [0.25, 0.3) is 0 Å². The summed E-state index contributed by atoms with van der Waals surface area (Å²) in [5.41, 5.74) is 1.32. The first-order valence-corrected chi connectivity index (χ1v) is 8.03. The second-order valence-corrected chi connectivity index (χ2v) is 5.55. The molecule has 4 heteroatoms. The molecule has 0 amide bonds. The van der Waals surface area contributed by atoms with Crippen molar-refractivity contribution < 1.29 is 9.47 Å². The topological polar surface area (TPSA) is 33.7 Å². The van der Waals surface area contributed by atoms with Crippen molar-refractivity contribution >= 4 is 0 Å². The summed E-state index contributed by atoms with van der Waals surface area (Å²) in [6.07, 6.45) is 0.335. The summed E-state index contributed by atoms with van der Waals surface area (Å²) in [7, 11) is 0. The van der Waals surface area contributed by atoms with Crippen LogP contribution in [0, 0.1) is 0 Å². The van der Waals surface area contributed by atoms with Crippen molar-refractivity contribution in [3.8, 4) is 5.75 Å². The molecule has 1 aliphatic heterocycles. The van der Waals surface area contributed by atoms with E-state index in [9.17, 15) is 0 Å². The zero-order valence-corrected chi connectivity index (χ0v) is 13.5. The largest absolute Gasteiger partial charge is 0.494 e. The normalized spacial score (nSPS) is 21.2. The van der Waals surface area contributed by atoms with Gasteiger partial charge < -0.3 is 14.8 Å². The molecule has 0 bridgehead atoms. The summed E-state index contributed by atoms with van der Waals surface area (Å²) < 4.78 is 11.1. The third-order valence-electron chi connectivity index (χ3n) is 3.81. The van der Waals surface area contributed by atoms with Crippen molar-refractivity contribution in [2.75, 3.05) is 39.4 Å². The molecular formula is C17H28N2O2. The molecule has 1 N–H and O–H groups in total. The van der Waals surface area contributed by atoms with Crippen molar-refractivity contribution in [2.24, 2.45) is 0 Å². The molecule has 118 valence electrons. The summed E-state index contributed by atoms with van der Waals surface area (Å²) in [6.45, 7) is 11.9. The zero-order chi connectivity index (χ0) is 15.1. The highest BCUT2D eigenvalue weighted by Gasteiger charge is 2.20. The Kier molecular flexibility index (Phi) is 6.49. The van der Waals surface area contributed by atoms with Gasteiger partial charge in [0, 0.05) is 25.7 Å². The van der Waals surface area contributed by atoms with Crippen molar-refractivity contribution in [3.05, 3.63) is 29.8 Å². The van der Waals surface area contributed by atoms with E-state index in [1.807, 2.05) is 6.92 Å². The molecule has 21 heavy (non-hydrogen) atoms. The van der Waals surface area contributed by atoms with Gasteiger partial charge in [-0.15, -0.1) is 0 Å². The number of likely N-dealkylation sites (N-methyl/N-ethyl adjacent to an activating group) is 1.